The number of nitrogens with one attached hydrogen (secondary N) is 2. The molecule has 2 aromatic carbocycles. The fraction of sp³-hybridized carbons (Fsp3) is 0.167. The number of aromatic nitrogens is 1. The van der Waals surface area contributed by atoms with Crippen LogP contribution in [0.2, 0.25) is 5.02 Å². The van der Waals surface area contributed by atoms with Crippen LogP contribution >= 0.6 is 11.6 Å². The van der Waals surface area contributed by atoms with Crippen LogP contribution in [0.5, 0.6) is 5.75 Å². The van der Waals surface area contributed by atoms with E-state index in [2.05, 4.69) is 10.3 Å². The Bertz CT molecular complexity index is 889. The first kappa shape index (κ1) is 16.2. The van der Waals surface area contributed by atoms with Crippen molar-refractivity contribution in [3.8, 4) is 5.75 Å². The van der Waals surface area contributed by atoms with Crippen LogP contribution in [0.4, 0.5) is 11.4 Å². The second-order valence-electron chi connectivity index (χ2n) is 5.14. The summed E-state index contributed by atoms with van der Waals surface area (Å²) < 4.78 is 10.3. The van der Waals surface area contributed by atoms with E-state index >= 15 is 0 Å². The molecule has 0 unspecified atom stereocenters. The number of fused-ring (bicyclic) bond motifs is 1. The third-order valence-electron chi connectivity index (χ3n) is 3.59. The smallest absolute Gasteiger partial charge is 0.354 e. The highest BCUT2D eigenvalue weighted by atomic mass is 35.5. The van der Waals surface area contributed by atoms with Crippen LogP contribution in [-0.2, 0) is 4.74 Å². The van der Waals surface area contributed by atoms with Crippen LogP contribution in [0.25, 0.3) is 10.9 Å². The van der Waals surface area contributed by atoms with Crippen LogP contribution in [0.15, 0.2) is 42.5 Å². The van der Waals surface area contributed by atoms with Gasteiger partial charge in [0.15, 0.2) is 0 Å². The van der Waals surface area contributed by atoms with Gasteiger partial charge in [0.2, 0.25) is 0 Å². The van der Waals surface area contributed by atoms with Gasteiger partial charge in [-0.25, -0.2) is 4.79 Å². The summed E-state index contributed by atoms with van der Waals surface area (Å²) in [5.74, 6) is 0.351. The Balaban J connectivity index is 2.01. The minimum Gasteiger partial charge on any atom is -0.497 e. The first-order valence-corrected chi connectivity index (χ1v) is 7.89. The van der Waals surface area contributed by atoms with Crippen LogP contribution < -0.4 is 10.1 Å². The van der Waals surface area contributed by atoms with Crippen LogP contribution in [-0.4, -0.2) is 24.7 Å². The molecule has 0 aliphatic rings. The topological polar surface area (TPSA) is 63.4 Å². The zero-order valence-electron chi connectivity index (χ0n) is 13.4. The maximum atomic E-state index is 11.9. The van der Waals surface area contributed by atoms with E-state index in [4.69, 9.17) is 21.1 Å². The molecule has 2 N–H and O–H groups in total. The van der Waals surface area contributed by atoms with Crippen molar-refractivity contribution in [1.82, 2.24) is 4.98 Å². The quantitative estimate of drug-likeness (QED) is 0.655. The largest absolute Gasteiger partial charge is 0.497 e. The number of halogens is 1. The molecule has 3 aromatic rings. The van der Waals surface area contributed by atoms with Gasteiger partial charge in [-0.3, -0.25) is 0 Å². The second-order valence-corrected chi connectivity index (χ2v) is 5.55. The van der Waals surface area contributed by atoms with Gasteiger partial charge in [-0.1, -0.05) is 17.7 Å². The van der Waals surface area contributed by atoms with Gasteiger partial charge in [0.25, 0.3) is 0 Å². The number of aromatic amines is 1. The van der Waals surface area contributed by atoms with E-state index in [9.17, 15) is 4.79 Å². The lowest BCUT2D eigenvalue weighted by atomic mass is 10.2. The molecule has 0 bridgehead atoms. The highest BCUT2D eigenvalue weighted by molar-refractivity contribution is 6.35. The number of benzene rings is 2. The summed E-state index contributed by atoms with van der Waals surface area (Å²) in [6.07, 6.45) is 0. The molecule has 5 nitrogen and oxygen atoms in total. The molecular formula is C18H17ClN2O3. The number of anilines is 2. The number of ether oxygens (including phenoxy) is 2. The SMILES string of the molecule is CCOC(=O)c1cc2c(Nc3cccc(OC)c3)ccc(Cl)c2[nH]1. The molecule has 0 saturated heterocycles. The normalized spacial score (nSPS) is 10.6. The minimum atomic E-state index is -0.405. The summed E-state index contributed by atoms with van der Waals surface area (Å²) in [4.78, 5) is 15.0. The number of esters is 1. The molecule has 0 radical (unpaired) electrons. The maximum Gasteiger partial charge on any atom is 0.354 e. The Labute approximate surface area is 144 Å². The van der Waals surface area contributed by atoms with E-state index in [-0.39, 0.29) is 0 Å². The van der Waals surface area contributed by atoms with Crippen LogP contribution in [0, 0.1) is 0 Å². The average molecular weight is 345 g/mol. The van der Waals surface area contributed by atoms with Crippen LogP contribution in [0.3, 0.4) is 0 Å². The Hall–Kier alpha value is -2.66. The summed E-state index contributed by atoms with van der Waals surface area (Å²) in [5.41, 5.74) is 2.76. The molecule has 0 saturated carbocycles. The number of carbonyl (C=O) groups excluding carboxylic acids is 1. The van der Waals surface area contributed by atoms with Gasteiger partial charge in [0.1, 0.15) is 11.4 Å². The van der Waals surface area contributed by atoms with Gasteiger partial charge in [-0.05, 0) is 37.3 Å². The van der Waals surface area contributed by atoms with Crippen molar-refractivity contribution in [2.75, 3.05) is 19.0 Å². The maximum absolute atomic E-state index is 11.9. The molecule has 24 heavy (non-hydrogen) atoms. The van der Waals surface area contributed by atoms with Gasteiger partial charge in [-0.2, -0.15) is 0 Å². The molecule has 0 aliphatic carbocycles. The van der Waals surface area contributed by atoms with Gasteiger partial charge < -0.3 is 19.8 Å². The van der Waals surface area contributed by atoms with E-state index in [1.54, 1.807) is 26.2 Å². The molecule has 0 fully saturated rings. The zero-order chi connectivity index (χ0) is 17.1. The number of H-pyrrole nitrogens is 1. The molecule has 1 aromatic heterocycles. The van der Waals surface area contributed by atoms with Crippen molar-refractivity contribution in [3.63, 3.8) is 0 Å². The second kappa shape index (κ2) is 6.84. The molecule has 3 rings (SSSR count). The molecule has 0 aliphatic heterocycles. The summed E-state index contributed by atoms with van der Waals surface area (Å²) in [6, 6.07) is 13.0. The van der Waals surface area contributed by atoms with E-state index in [1.165, 1.54) is 0 Å². The number of methoxy groups -OCH3 is 1. The van der Waals surface area contributed by atoms with Crippen molar-refractivity contribution >= 4 is 39.8 Å². The van der Waals surface area contributed by atoms with Gasteiger partial charge in [0, 0.05) is 22.8 Å². The minimum absolute atomic E-state index is 0.316. The zero-order valence-corrected chi connectivity index (χ0v) is 14.1. The van der Waals surface area contributed by atoms with Crippen molar-refractivity contribution in [1.29, 1.82) is 0 Å². The van der Waals surface area contributed by atoms with E-state index < -0.39 is 5.97 Å². The predicted octanol–water partition coefficient (Wildman–Crippen LogP) is 4.75. The lowest BCUT2D eigenvalue weighted by Gasteiger charge is -2.09. The molecule has 0 amide bonds. The highest BCUT2D eigenvalue weighted by Gasteiger charge is 2.14. The molecule has 0 spiro atoms. The Morgan fingerprint density at radius 2 is 2.08 bits per heavy atom. The Morgan fingerprint density at radius 3 is 2.83 bits per heavy atom. The summed E-state index contributed by atoms with van der Waals surface area (Å²) in [5, 5.41) is 4.67. The lowest BCUT2D eigenvalue weighted by molar-refractivity contribution is 0.0520. The van der Waals surface area contributed by atoms with Gasteiger partial charge in [-0.15, -0.1) is 0 Å². The molecule has 0 atom stereocenters. The van der Waals surface area contributed by atoms with Crippen molar-refractivity contribution in [3.05, 3.63) is 53.2 Å². The molecule has 1 heterocycles. The Kier molecular flexibility index (Phi) is 4.62. The summed E-state index contributed by atoms with van der Waals surface area (Å²) in [7, 11) is 1.62. The first-order chi connectivity index (χ1) is 11.6. The van der Waals surface area contributed by atoms with Crippen molar-refractivity contribution < 1.29 is 14.3 Å². The monoisotopic (exact) mass is 344 g/mol. The molecular weight excluding hydrogens is 328 g/mol. The third-order valence-corrected chi connectivity index (χ3v) is 3.90. The first-order valence-electron chi connectivity index (χ1n) is 7.51. The number of hydrogen-bond acceptors (Lipinski definition) is 4. The van der Waals surface area contributed by atoms with Gasteiger partial charge >= 0.3 is 5.97 Å². The number of hydrogen-bond donors (Lipinski definition) is 2. The molecule has 124 valence electrons. The highest BCUT2D eigenvalue weighted by Crippen LogP contribution is 2.33. The van der Waals surface area contributed by atoms with Crippen LogP contribution in [0.1, 0.15) is 17.4 Å². The fourth-order valence-corrected chi connectivity index (χ4v) is 2.68. The summed E-state index contributed by atoms with van der Waals surface area (Å²) >= 11 is 6.24. The fourth-order valence-electron chi connectivity index (χ4n) is 2.47. The van der Waals surface area contributed by atoms with E-state index in [0.717, 1.165) is 22.5 Å². The van der Waals surface area contributed by atoms with Crippen molar-refractivity contribution in [2.24, 2.45) is 0 Å². The average Bonchev–Trinajstić information content (AvgIpc) is 3.04. The Morgan fingerprint density at radius 1 is 1.25 bits per heavy atom. The number of rotatable bonds is 5. The lowest BCUT2D eigenvalue weighted by Crippen LogP contribution is -2.04. The summed E-state index contributed by atoms with van der Waals surface area (Å²) in [6.45, 7) is 2.08. The van der Waals surface area contributed by atoms with Gasteiger partial charge in [0.05, 0.1) is 24.3 Å². The van der Waals surface area contributed by atoms with Crippen molar-refractivity contribution in [2.45, 2.75) is 6.92 Å². The molecule has 6 heteroatoms. The standard InChI is InChI=1S/C18H17ClN2O3/c1-3-24-18(22)16-10-13-15(8-7-14(19)17(13)21-16)20-11-5-4-6-12(9-11)23-2/h4-10,20-21H,3H2,1-2H3. The predicted molar refractivity (Wildman–Crippen MR) is 95.5 cm³/mol. The van der Waals surface area contributed by atoms with E-state index in [0.29, 0.717) is 22.8 Å². The third kappa shape index (κ3) is 3.16. The van der Waals surface area contributed by atoms with E-state index in [1.807, 2.05) is 30.3 Å². The number of carbonyl (C=O) groups is 1.